The molecule has 0 bridgehead atoms. The van der Waals surface area contributed by atoms with E-state index in [9.17, 15) is 14.7 Å². The number of hydrogen-bond donors (Lipinski definition) is 1. The van der Waals surface area contributed by atoms with Crippen molar-refractivity contribution in [3.05, 3.63) is 71.8 Å². The zero-order chi connectivity index (χ0) is 34.3. The quantitative estimate of drug-likeness (QED) is 0.368. The molecule has 262 valence electrons. The van der Waals surface area contributed by atoms with E-state index in [0.717, 1.165) is 58.8 Å². The standard InChI is InChI=1S/C38H60N4O5/c1-37(2,3)46-35(44)30-40-20-13-19-39(26-32-14-9-7-10-15-32)21-24-42(31-36(45)47-38(4,5)6)29-34(18-25-43)28-41(23-22-40)27-33-16-11-8-12-17-33/h7-12,14-17,34,43H,13,18-31H2,1-6H3. The summed E-state index contributed by atoms with van der Waals surface area (Å²) in [6.07, 6.45) is 1.53. The van der Waals surface area contributed by atoms with Gasteiger partial charge in [-0.05, 0) is 78.0 Å². The molecule has 1 heterocycles. The van der Waals surface area contributed by atoms with E-state index in [1.165, 1.54) is 11.1 Å². The number of esters is 2. The molecular formula is C38H60N4O5. The number of nitrogens with zero attached hydrogens (tertiary/aromatic N) is 4. The van der Waals surface area contributed by atoms with Gasteiger partial charge in [0, 0.05) is 65.5 Å². The Kier molecular flexibility index (Phi) is 15.8. The van der Waals surface area contributed by atoms with Crippen LogP contribution in [0.2, 0.25) is 0 Å². The van der Waals surface area contributed by atoms with E-state index in [1.807, 2.05) is 53.7 Å². The third kappa shape index (κ3) is 16.7. The van der Waals surface area contributed by atoms with Crippen molar-refractivity contribution in [3.8, 4) is 0 Å². The molecular weight excluding hydrogens is 592 g/mol. The second kappa shape index (κ2) is 19.2. The summed E-state index contributed by atoms with van der Waals surface area (Å²) in [7, 11) is 0. The first kappa shape index (κ1) is 38.6. The summed E-state index contributed by atoms with van der Waals surface area (Å²) in [5, 5.41) is 10.1. The summed E-state index contributed by atoms with van der Waals surface area (Å²) < 4.78 is 11.5. The zero-order valence-electron chi connectivity index (χ0n) is 29.8. The van der Waals surface area contributed by atoms with Gasteiger partial charge in [0.25, 0.3) is 0 Å². The fraction of sp³-hybridized carbons (Fsp3) is 0.632. The number of aliphatic hydroxyl groups is 1. The Balaban J connectivity index is 1.88. The van der Waals surface area contributed by atoms with Gasteiger partial charge in [0.1, 0.15) is 11.2 Å². The van der Waals surface area contributed by atoms with Crippen LogP contribution in [0.5, 0.6) is 0 Å². The molecule has 0 aliphatic carbocycles. The second-order valence-corrected chi connectivity index (χ2v) is 14.9. The molecule has 1 unspecified atom stereocenters. The minimum atomic E-state index is -0.554. The molecule has 0 amide bonds. The van der Waals surface area contributed by atoms with Gasteiger partial charge in [0.2, 0.25) is 0 Å². The number of benzene rings is 2. The first-order valence-electron chi connectivity index (χ1n) is 17.3. The molecule has 0 aromatic heterocycles. The van der Waals surface area contributed by atoms with Gasteiger partial charge in [-0.1, -0.05) is 60.7 Å². The van der Waals surface area contributed by atoms with Crippen LogP contribution in [0.25, 0.3) is 0 Å². The molecule has 1 fully saturated rings. The maximum atomic E-state index is 13.1. The van der Waals surface area contributed by atoms with E-state index in [4.69, 9.17) is 9.47 Å². The predicted molar refractivity (Wildman–Crippen MR) is 188 cm³/mol. The summed E-state index contributed by atoms with van der Waals surface area (Å²) in [5.41, 5.74) is 1.38. The summed E-state index contributed by atoms with van der Waals surface area (Å²) in [4.78, 5) is 35.4. The van der Waals surface area contributed by atoms with Crippen LogP contribution in [0.1, 0.15) is 65.5 Å². The Morgan fingerprint density at radius 2 is 1.06 bits per heavy atom. The van der Waals surface area contributed by atoms with Crippen molar-refractivity contribution in [2.24, 2.45) is 5.92 Å². The monoisotopic (exact) mass is 652 g/mol. The Bertz CT molecular complexity index is 1180. The zero-order valence-corrected chi connectivity index (χ0v) is 29.8. The van der Waals surface area contributed by atoms with E-state index < -0.39 is 11.2 Å². The van der Waals surface area contributed by atoms with Gasteiger partial charge in [-0.3, -0.25) is 29.2 Å². The molecule has 1 atom stereocenters. The van der Waals surface area contributed by atoms with Crippen molar-refractivity contribution in [2.45, 2.75) is 78.7 Å². The highest BCUT2D eigenvalue weighted by Gasteiger charge is 2.25. The van der Waals surface area contributed by atoms with Crippen LogP contribution in [0.4, 0.5) is 0 Å². The molecule has 1 aliphatic heterocycles. The van der Waals surface area contributed by atoms with Crippen LogP contribution in [-0.2, 0) is 32.2 Å². The average molecular weight is 653 g/mol. The van der Waals surface area contributed by atoms with Crippen molar-refractivity contribution < 1.29 is 24.2 Å². The third-order valence-corrected chi connectivity index (χ3v) is 8.03. The van der Waals surface area contributed by atoms with E-state index in [1.54, 1.807) is 0 Å². The number of rotatable bonds is 10. The molecule has 1 aliphatic rings. The van der Waals surface area contributed by atoms with Crippen molar-refractivity contribution in [1.82, 2.24) is 19.6 Å². The molecule has 9 heteroatoms. The van der Waals surface area contributed by atoms with Gasteiger partial charge in [-0.25, -0.2) is 0 Å². The summed E-state index contributed by atoms with van der Waals surface area (Å²) in [6, 6.07) is 20.9. The van der Waals surface area contributed by atoms with Crippen molar-refractivity contribution in [3.63, 3.8) is 0 Å². The number of ether oxygens (including phenoxy) is 2. The highest BCUT2D eigenvalue weighted by atomic mass is 16.6. The third-order valence-electron chi connectivity index (χ3n) is 8.03. The molecule has 1 N–H and O–H groups in total. The molecule has 9 nitrogen and oxygen atoms in total. The van der Waals surface area contributed by atoms with Gasteiger partial charge in [-0.15, -0.1) is 0 Å². The summed E-state index contributed by atoms with van der Waals surface area (Å²) >= 11 is 0. The number of carbonyl (C=O) groups excluding carboxylic acids is 2. The lowest BCUT2D eigenvalue weighted by Crippen LogP contribution is -2.46. The fourth-order valence-corrected chi connectivity index (χ4v) is 6.04. The Hall–Kier alpha value is -2.82. The first-order chi connectivity index (χ1) is 22.3. The smallest absolute Gasteiger partial charge is 0.320 e. The van der Waals surface area contributed by atoms with Gasteiger partial charge in [0.15, 0.2) is 0 Å². The van der Waals surface area contributed by atoms with Gasteiger partial charge in [-0.2, -0.15) is 0 Å². The van der Waals surface area contributed by atoms with E-state index in [2.05, 4.69) is 68.1 Å². The van der Waals surface area contributed by atoms with E-state index in [-0.39, 0.29) is 37.6 Å². The van der Waals surface area contributed by atoms with Crippen LogP contribution in [0.15, 0.2) is 60.7 Å². The van der Waals surface area contributed by atoms with Crippen LogP contribution in [0.3, 0.4) is 0 Å². The van der Waals surface area contributed by atoms with E-state index in [0.29, 0.717) is 19.5 Å². The Labute approximate surface area is 283 Å². The fourth-order valence-electron chi connectivity index (χ4n) is 6.04. The van der Waals surface area contributed by atoms with Gasteiger partial charge >= 0.3 is 11.9 Å². The van der Waals surface area contributed by atoms with Crippen LogP contribution < -0.4 is 0 Å². The Morgan fingerprint density at radius 1 is 0.638 bits per heavy atom. The first-order valence-corrected chi connectivity index (χ1v) is 17.3. The average Bonchev–Trinajstić information content (AvgIpc) is 2.97. The Morgan fingerprint density at radius 3 is 1.60 bits per heavy atom. The van der Waals surface area contributed by atoms with Crippen LogP contribution in [0, 0.1) is 5.92 Å². The molecule has 47 heavy (non-hydrogen) atoms. The highest BCUT2D eigenvalue weighted by molar-refractivity contribution is 5.72. The lowest BCUT2D eigenvalue weighted by Gasteiger charge is -2.35. The lowest BCUT2D eigenvalue weighted by molar-refractivity contribution is -0.157. The topological polar surface area (TPSA) is 85.8 Å². The molecule has 2 aromatic carbocycles. The minimum absolute atomic E-state index is 0.0784. The summed E-state index contributed by atoms with van der Waals surface area (Å²) in [5.74, 6) is -0.295. The molecule has 2 aromatic rings. The number of hydrogen-bond acceptors (Lipinski definition) is 9. The van der Waals surface area contributed by atoms with Crippen molar-refractivity contribution >= 4 is 11.9 Å². The molecule has 0 radical (unpaired) electrons. The summed E-state index contributed by atoms with van der Waals surface area (Å²) in [6.45, 7) is 19.5. The minimum Gasteiger partial charge on any atom is -0.459 e. The van der Waals surface area contributed by atoms with E-state index >= 15 is 0 Å². The normalized spacial score (nSPS) is 19.2. The highest BCUT2D eigenvalue weighted by Crippen LogP contribution is 2.16. The van der Waals surface area contributed by atoms with Crippen molar-refractivity contribution in [1.29, 1.82) is 0 Å². The maximum absolute atomic E-state index is 13.1. The number of carbonyl (C=O) groups is 2. The predicted octanol–water partition coefficient (Wildman–Crippen LogP) is 4.68. The van der Waals surface area contributed by atoms with Crippen LogP contribution >= 0.6 is 0 Å². The lowest BCUT2D eigenvalue weighted by atomic mass is 10.0. The van der Waals surface area contributed by atoms with Crippen molar-refractivity contribution in [2.75, 3.05) is 72.1 Å². The largest absolute Gasteiger partial charge is 0.459 e. The molecule has 0 saturated carbocycles. The second-order valence-electron chi connectivity index (χ2n) is 14.9. The SMILES string of the molecule is CC(C)(C)OC(=O)CN1CCCN(Cc2ccccc2)CCN(CC(=O)OC(C)(C)C)CC(CCO)CN(Cc2ccccc2)CC1. The molecule has 3 rings (SSSR count). The number of aliphatic hydroxyl groups excluding tert-OH is 1. The maximum Gasteiger partial charge on any atom is 0.320 e. The van der Waals surface area contributed by atoms with Crippen LogP contribution in [-0.4, -0.2) is 120 Å². The van der Waals surface area contributed by atoms with Gasteiger partial charge < -0.3 is 14.6 Å². The molecule has 1 saturated heterocycles. The molecule has 0 spiro atoms. The van der Waals surface area contributed by atoms with Gasteiger partial charge in [0.05, 0.1) is 13.1 Å².